The number of rotatable bonds is 4. The van der Waals surface area contributed by atoms with E-state index in [0.717, 1.165) is 10.9 Å². The van der Waals surface area contributed by atoms with Gasteiger partial charge in [-0.2, -0.15) is 0 Å². The van der Waals surface area contributed by atoms with Crippen LogP contribution in [-0.4, -0.2) is 39.0 Å². The summed E-state index contributed by atoms with van der Waals surface area (Å²) in [5.74, 6) is 0.660. The van der Waals surface area contributed by atoms with Crippen molar-refractivity contribution < 1.29 is 22.4 Å². The number of fused-ring (bicyclic) bond motifs is 1. The van der Waals surface area contributed by atoms with Crippen molar-refractivity contribution in [3.8, 4) is 5.75 Å². The van der Waals surface area contributed by atoms with Crippen LogP contribution in [0, 0.1) is 0 Å². The largest absolute Gasteiger partial charge is 0.497 e. The lowest BCUT2D eigenvalue weighted by molar-refractivity contribution is -0.120. The van der Waals surface area contributed by atoms with Crippen LogP contribution in [0.2, 0.25) is 0 Å². The Labute approximate surface area is 128 Å². The van der Waals surface area contributed by atoms with Crippen LogP contribution >= 0.6 is 0 Å². The van der Waals surface area contributed by atoms with E-state index in [9.17, 15) is 13.2 Å². The molecule has 2 heterocycles. The Balaban J connectivity index is 1.71. The highest BCUT2D eigenvalue weighted by Gasteiger charge is 2.29. The van der Waals surface area contributed by atoms with E-state index < -0.39 is 9.84 Å². The van der Waals surface area contributed by atoms with E-state index >= 15 is 0 Å². The Morgan fingerprint density at radius 1 is 1.45 bits per heavy atom. The molecule has 22 heavy (non-hydrogen) atoms. The van der Waals surface area contributed by atoms with Crippen molar-refractivity contribution in [1.29, 1.82) is 0 Å². The molecule has 0 aliphatic carbocycles. The van der Waals surface area contributed by atoms with Crippen LogP contribution in [0.1, 0.15) is 12.0 Å². The highest BCUT2D eigenvalue weighted by atomic mass is 32.2. The van der Waals surface area contributed by atoms with Gasteiger partial charge in [-0.15, -0.1) is 0 Å². The Kier molecular flexibility index (Phi) is 3.82. The first kappa shape index (κ1) is 14.9. The SMILES string of the molecule is COc1ccc2occ(CC(=O)NC3CCS(=O)(=O)C3)c2c1. The van der Waals surface area contributed by atoms with Gasteiger partial charge in [-0.05, 0) is 24.6 Å². The zero-order valence-corrected chi connectivity index (χ0v) is 13.0. The molecule has 1 N–H and O–H groups in total. The maximum absolute atomic E-state index is 12.1. The molecule has 0 bridgehead atoms. The van der Waals surface area contributed by atoms with Gasteiger partial charge < -0.3 is 14.5 Å². The molecule has 1 amide bonds. The summed E-state index contributed by atoms with van der Waals surface area (Å²) in [5, 5.41) is 3.60. The third kappa shape index (κ3) is 3.09. The Morgan fingerprint density at radius 3 is 2.95 bits per heavy atom. The van der Waals surface area contributed by atoms with Crippen LogP contribution in [0.15, 0.2) is 28.9 Å². The third-order valence-electron chi connectivity index (χ3n) is 3.81. The predicted molar refractivity (Wildman–Crippen MR) is 81.7 cm³/mol. The number of sulfone groups is 1. The Bertz CT molecular complexity index is 808. The first-order chi connectivity index (χ1) is 10.5. The topological polar surface area (TPSA) is 85.6 Å². The van der Waals surface area contributed by atoms with Gasteiger partial charge in [-0.25, -0.2) is 8.42 Å². The molecule has 2 aromatic rings. The summed E-state index contributed by atoms with van der Waals surface area (Å²) in [6.45, 7) is 0. The number of hydrogen-bond donors (Lipinski definition) is 1. The molecule has 3 rings (SSSR count). The molecule has 0 saturated carbocycles. The van der Waals surface area contributed by atoms with E-state index in [-0.39, 0.29) is 29.9 Å². The molecular weight excluding hydrogens is 306 g/mol. The number of nitrogens with one attached hydrogen (secondary N) is 1. The molecule has 1 aliphatic rings. The number of methoxy groups -OCH3 is 1. The van der Waals surface area contributed by atoms with Crippen molar-refractivity contribution in [3.63, 3.8) is 0 Å². The van der Waals surface area contributed by atoms with Crippen molar-refractivity contribution in [2.75, 3.05) is 18.6 Å². The van der Waals surface area contributed by atoms with Crippen molar-refractivity contribution in [1.82, 2.24) is 5.32 Å². The molecule has 6 nitrogen and oxygen atoms in total. The van der Waals surface area contributed by atoms with Gasteiger partial charge in [0.25, 0.3) is 0 Å². The molecule has 1 aromatic heterocycles. The molecule has 7 heteroatoms. The van der Waals surface area contributed by atoms with Gasteiger partial charge in [0.15, 0.2) is 9.84 Å². The van der Waals surface area contributed by atoms with Gasteiger partial charge in [0.05, 0.1) is 31.3 Å². The average Bonchev–Trinajstić information content (AvgIpc) is 3.02. The first-order valence-electron chi connectivity index (χ1n) is 7.01. The predicted octanol–water partition coefficient (Wildman–Crippen LogP) is 1.29. The second-order valence-electron chi connectivity index (χ2n) is 5.47. The monoisotopic (exact) mass is 323 g/mol. The third-order valence-corrected chi connectivity index (χ3v) is 5.58. The molecule has 1 aliphatic heterocycles. The van der Waals surface area contributed by atoms with E-state index in [4.69, 9.17) is 9.15 Å². The van der Waals surface area contributed by atoms with Crippen LogP contribution in [0.4, 0.5) is 0 Å². The normalized spacial score (nSPS) is 20.1. The van der Waals surface area contributed by atoms with Gasteiger partial charge in [-0.1, -0.05) is 0 Å². The summed E-state index contributed by atoms with van der Waals surface area (Å²) in [7, 11) is -1.42. The van der Waals surface area contributed by atoms with Gasteiger partial charge in [0.1, 0.15) is 11.3 Å². The highest BCUT2D eigenvalue weighted by Crippen LogP contribution is 2.26. The average molecular weight is 323 g/mol. The molecule has 1 aromatic carbocycles. The van der Waals surface area contributed by atoms with E-state index in [2.05, 4.69) is 5.32 Å². The van der Waals surface area contributed by atoms with Crippen molar-refractivity contribution in [2.45, 2.75) is 18.9 Å². The van der Waals surface area contributed by atoms with Crippen molar-refractivity contribution >= 4 is 26.7 Å². The molecule has 1 fully saturated rings. The molecule has 118 valence electrons. The van der Waals surface area contributed by atoms with E-state index in [1.54, 1.807) is 25.5 Å². The molecular formula is C15H17NO5S. The van der Waals surface area contributed by atoms with Gasteiger partial charge in [-0.3, -0.25) is 4.79 Å². The van der Waals surface area contributed by atoms with E-state index in [1.807, 2.05) is 6.07 Å². The smallest absolute Gasteiger partial charge is 0.224 e. The highest BCUT2D eigenvalue weighted by molar-refractivity contribution is 7.91. The molecule has 1 saturated heterocycles. The minimum absolute atomic E-state index is 0.0265. The lowest BCUT2D eigenvalue weighted by Gasteiger charge is -2.10. The summed E-state index contributed by atoms with van der Waals surface area (Å²) in [6.07, 6.45) is 2.18. The van der Waals surface area contributed by atoms with Crippen LogP contribution in [0.25, 0.3) is 11.0 Å². The molecule has 0 radical (unpaired) electrons. The lowest BCUT2D eigenvalue weighted by atomic mass is 10.1. The van der Waals surface area contributed by atoms with E-state index in [1.165, 1.54) is 0 Å². The van der Waals surface area contributed by atoms with Crippen LogP contribution in [0.3, 0.4) is 0 Å². The Hall–Kier alpha value is -2.02. The standard InChI is InChI=1S/C15H17NO5S/c1-20-12-2-3-14-13(7-12)10(8-21-14)6-15(17)16-11-4-5-22(18,19)9-11/h2-3,7-8,11H,4-6,9H2,1H3,(H,16,17). The number of ether oxygens (including phenoxy) is 1. The fourth-order valence-electron chi connectivity index (χ4n) is 2.69. The van der Waals surface area contributed by atoms with Gasteiger partial charge in [0, 0.05) is 17.0 Å². The fraction of sp³-hybridized carbons (Fsp3) is 0.400. The minimum atomic E-state index is -3.00. The van der Waals surface area contributed by atoms with E-state index in [0.29, 0.717) is 17.8 Å². The number of carbonyl (C=O) groups excluding carboxylic acids is 1. The number of carbonyl (C=O) groups is 1. The fourth-order valence-corrected chi connectivity index (χ4v) is 4.36. The summed E-state index contributed by atoms with van der Waals surface area (Å²) < 4.78 is 33.4. The maximum Gasteiger partial charge on any atom is 0.224 e. The maximum atomic E-state index is 12.1. The number of hydrogen-bond acceptors (Lipinski definition) is 5. The lowest BCUT2D eigenvalue weighted by Crippen LogP contribution is -2.36. The van der Waals surface area contributed by atoms with Crippen LogP contribution in [0.5, 0.6) is 5.75 Å². The zero-order chi connectivity index (χ0) is 15.7. The molecule has 1 unspecified atom stereocenters. The van der Waals surface area contributed by atoms with Crippen LogP contribution in [-0.2, 0) is 21.1 Å². The number of furan rings is 1. The quantitative estimate of drug-likeness (QED) is 0.916. The number of amides is 1. The van der Waals surface area contributed by atoms with Crippen LogP contribution < -0.4 is 10.1 Å². The van der Waals surface area contributed by atoms with Gasteiger partial charge in [0.2, 0.25) is 5.91 Å². The number of benzene rings is 1. The summed E-state index contributed by atoms with van der Waals surface area (Å²) in [5.41, 5.74) is 1.44. The second kappa shape index (κ2) is 5.64. The minimum Gasteiger partial charge on any atom is -0.497 e. The molecule has 1 atom stereocenters. The first-order valence-corrected chi connectivity index (χ1v) is 8.83. The summed E-state index contributed by atoms with van der Waals surface area (Å²) in [6, 6.07) is 5.12. The molecule has 0 spiro atoms. The van der Waals surface area contributed by atoms with Crippen molar-refractivity contribution in [3.05, 3.63) is 30.0 Å². The Morgan fingerprint density at radius 2 is 2.27 bits per heavy atom. The van der Waals surface area contributed by atoms with Gasteiger partial charge >= 0.3 is 0 Å². The second-order valence-corrected chi connectivity index (χ2v) is 7.70. The zero-order valence-electron chi connectivity index (χ0n) is 12.2. The summed E-state index contributed by atoms with van der Waals surface area (Å²) >= 11 is 0. The summed E-state index contributed by atoms with van der Waals surface area (Å²) in [4.78, 5) is 12.1. The van der Waals surface area contributed by atoms with Crippen molar-refractivity contribution in [2.24, 2.45) is 0 Å².